The number of hydrogen-bond donors (Lipinski definition) is 1. The minimum atomic E-state index is 0.273. The molecule has 4 heteroatoms. The normalized spacial score (nSPS) is 32.6. The molecule has 0 aliphatic carbocycles. The quantitative estimate of drug-likeness (QED) is 0.791. The van der Waals surface area contributed by atoms with Crippen molar-refractivity contribution in [2.75, 3.05) is 46.0 Å². The van der Waals surface area contributed by atoms with Crippen molar-refractivity contribution in [3.63, 3.8) is 0 Å². The maximum absolute atomic E-state index is 5.73. The highest BCUT2D eigenvalue weighted by molar-refractivity contribution is 4.80. The van der Waals surface area contributed by atoms with Crippen LogP contribution in [0.4, 0.5) is 0 Å². The zero-order valence-corrected chi connectivity index (χ0v) is 11.2. The van der Waals surface area contributed by atoms with E-state index in [1.807, 2.05) is 0 Å². The molecule has 2 saturated heterocycles. The molecule has 2 fully saturated rings. The van der Waals surface area contributed by atoms with E-state index in [4.69, 9.17) is 9.47 Å². The van der Waals surface area contributed by atoms with Crippen LogP contribution in [-0.2, 0) is 9.47 Å². The Morgan fingerprint density at radius 2 is 2.24 bits per heavy atom. The highest BCUT2D eigenvalue weighted by Gasteiger charge is 2.23. The van der Waals surface area contributed by atoms with Gasteiger partial charge in [0.05, 0.1) is 25.9 Å². The molecule has 4 nitrogen and oxygen atoms in total. The van der Waals surface area contributed by atoms with Crippen LogP contribution in [0.1, 0.15) is 20.3 Å². The Labute approximate surface area is 105 Å². The predicted octanol–water partition coefficient (Wildman–Crippen LogP) is 0.722. The SMILES string of the molecule is CC(C)C1CN(CC2COCCO2)CCCN1. The summed E-state index contributed by atoms with van der Waals surface area (Å²) < 4.78 is 11.2. The number of hydrogen-bond acceptors (Lipinski definition) is 4. The second kappa shape index (κ2) is 6.69. The van der Waals surface area contributed by atoms with Crippen molar-refractivity contribution in [2.24, 2.45) is 5.92 Å². The van der Waals surface area contributed by atoms with Crippen LogP contribution in [0.25, 0.3) is 0 Å². The molecule has 0 spiro atoms. The highest BCUT2D eigenvalue weighted by Crippen LogP contribution is 2.11. The summed E-state index contributed by atoms with van der Waals surface area (Å²) in [6.07, 6.45) is 1.51. The Bertz CT molecular complexity index is 217. The van der Waals surface area contributed by atoms with E-state index >= 15 is 0 Å². The van der Waals surface area contributed by atoms with Crippen molar-refractivity contribution >= 4 is 0 Å². The van der Waals surface area contributed by atoms with Crippen molar-refractivity contribution in [3.05, 3.63) is 0 Å². The van der Waals surface area contributed by atoms with Crippen LogP contribution in [0.2, 0.25) is 0 Å². The fourth-order valence-corrected chi connectivity index (χ4v) is 2.57. The summed E-state index contributed by atoms with van der Waals surface area (Å²) in [5, 5.41) is 3.63. The Balaban J connectivity index is 1.81. The van der Waals surface area contributed by atoms with Crippen molar-refractivity contribution in [1.82, 2.24) is 10.2 Å². The molecule has 0 aromatic rings. The van der Waals surface area contributed by atoms with E-state index in [2.05, 4.69) is 24.1 Å². The first-order valence-electron chi connectivity index (χ1n) is 6.91. The summed E-state index contributed by atoms with van der Waals surface area (Å²) in [5.74, 6) is 0.694. The van der Waals surface area contributed by atoms with Gasteiger partial charge < -0.3 is 14.8 Å². The second-order valence-corrected chi connectivity index (χ2v) is 5.49. The number of nitrogens with zero attached hydrogens (tertiary/aromatic N) is 1. The van der Waals surface area contributed by atoms with Crippen LogP contribution in [-0.4, -0.2) is 63.0 Å². The van der Waals surface area contributed by atoms with Crippen LogP contribution in [0.5, 0.6) is 0 Å². The molecule has 0 aromatic heterocycles. The zero-order valence-electron chi connectivity index (χ0n) is 11.2. The fourth-order valence-electron chi connectivity index (χ4n) is 2.57. The molecule has 100 valence electrons. The van der Waals surface area contributed by atoms with Gasteiger partial charge in [0.15, 0.2) is 0 Å². The van der Waals surface area contributed by atoms with E-state index < -0.39 is 0 Å². The summed E-state index contributed by atoms with van der Waals surface area (Å²) >= 11 is 0. The smallest absolute Gasteiger partial charge is 0.0936 e. The van der Waals surface area contributed by atoms with E-state index in [0.29, 0.717) is 12.0 Å². The molecule has 2 heterocycles. The van der Waals surface area contributed by atoms with Crippen molar-refractivity contribution in [1.29, 1.82) is 0 Å². The molecular formula is C13H26N2O2. The first kappa shape index (κ1) is 13.3. The Morgan fingerprint density at radius 1 is 1.35 bits per heavy atom. The van der Waals surface area contributed by atoms with Crippen LogP contribution >= 0.6 is 0 Å². The lowest BCUT2D eigenvalue weighted by atomic mass is 10.0. The molecule has 0 radical (unpaired) electrons. The number of ether oxygens (including phenoxy) is 2. The van der Waals surface area contributed by atoms with Gasteiger partial charge in [0.25, 0.3) is 0 Å². The lowest BCUT2D eigenvalue weighted by molar-refractivity contribution is -0.0977. The van der Waals surface area contributed by atoms with E-state index in [1.165, 1.54) is 13.0 Å². The third-order valence-electron chi connectivity index (χ3n) is 3.66. The first-order valence-corrected chi connectivity index (χ1v) is 6.91. The third kappa shape index (κ3) is 4.21. The van der Waals surface area contributed by atoms with Gasteiger partial charge in [-0.3, -0.25) is 4.90 Å². The largest absolute Gasteiger partial charge is 0.376 e. The third-order valence-corrected chi connectivity index (χ3v) is 3.66. The van der Waals surface area contributed by atoms with Gasteiger partial charge in [0.1, 0.15) is 0 Å². The minimum absolute atomic E-state index is 0.273. The topological polar surface area (TPSA) is 33.7 Å². The van der Waals surface area contributed by atoms with Gasteiger partial charge in [-0.25, -0.2) is 0 Å². The molecular weight excluding hydrogens is 216 g/mol. The zero-order chi connectivity index (χ0) is 12.1. The van der Waals surface area contributed by atoms with Gasteiger partial charge in [0, 0.05) is 19.1 Å². The van der Waals surface area contributed by atoms with Gasteiger partial charge in [-0.15, -0.1) is 0 Å². The Morgan fingerprint density at radius 3 is 2.94 bits per heavy atom. The number of rotatable bonds is 3. The summed E-state index contributed by atoms with van der Waals surface area (Å²) in [5.41, 5.74) is 0. The van der Waals surface area contributed by atoms with Crippen LogP contribution < -0.4 is 5.32 Å². The molecule has 1 N–H and O–H groups in total. The minimum Gasteiger partial charge on any atom is -0.376 e. The van der Waals surface area contributed by atoms with Gasteiger partial charge in [0.2, 0.25) is 0 Å². The first-order chi connectivity index (χ1) is 8.25. The monoisotopic (exact) mass is 242 g/mol. The van der Waals surface area contributed by atoms with Crippen LogP contribution in [0.15, 0.2) is 0 Å². The molecule has 2 rings (SSSR count). The lowest BCUT2D eigenvalue weighted by Crippen LogP contribution is -2.45. The van der Waals surface area contributed by atoms with Gasteiger partial charge in [-0.1, -0.05) is 13.8 Å². The van der Waals surface area contributed by atoms with E-state index in [9.17, 15) is 0 Å². The van der Waals surface area contributed by atoms with Crippen LogP contribution in [0.3, 0.4) is 0 Å². The van der Waals surface area contributed by atoms with Crippen molar-refractivity contribution in [2.45, 2.75) is 32.4 Å². The lowest BCUT2D eigenvalue weighted by Gasteiger charge is -2.31. The standard InChI is InChI=1S/C13H26N2O2/c1-11(2)13-9-15(5-3-4-14-13)8-12-10-16-6-7-17-12/h11-14H,3-10H2,1-2H3. The summed E-state index contributed by atoms with van der Waals surface area (Å²) in [4.78, 5) is 2.53. The summed E-state index contributed by atoms with van der Waals surface area (Å²) in [6, 6.07) is 0.613. The molecule has 17 heavy (non-hydrogen) atoms. The van der Waals surface area contributed by atoms with Gasteiger partial charge in [-0.05, 0) is 25.4 Å². The van der Waals surface area contributed by atoms with E-state index in [-0.39, 0.29) is 6.10 Å². The Kier molecular flexibility index (Phi) is 5.22. The molecule has 2 unspecified atom stereocenters. The molecule has 2 aliphatic heterocycles. The highest BCUT2D eigenvalue weighted by atomic mass is 16.6. The van der Waals surface area contributed by atoms with Crippen molar-refractivity contribution in [3.8, 4) is 0 Å². The molecule has 0 saturated carbocycles. The molecule has 0 amide bonds. The van der Waals surface area contributed by atoms with E-state index in [1.54, 1.807) is 0 Å². The Hall–Kier alpha value is -0.160. The van der Waals surface area contributed by atoms with Gasteiger partial charge >= 0.3 is 0 Å². The van der Waals surface area contributed by atoms with Crippen molar-refractivity contribution < 1.29 is 9.47 Å². The molecule has 2 atom stereocenters. The maximum atomic E-state index is 5.73. The van der Waals surface area contributed by atoms with Crippen LogP contribution in [0, 0.1) is 5.92 Å². The molecule has 0 bridgehead atoms. The second-order valence-electron chi connectivity index (χ2n) is 5.49. The molecule has 0 aromatic carbocycles. The van der Waals surface area contributed by atoms with Gasteiger partial charge in [-0.2, -0.15) is 0 Å². The summed E-state index contributed by atoms with van der Waals surface area (Å²) in [6.45, 7) is 11.3. The fraction of sp³-hybridized carbons (Fsp3) is 1.00. The predicted molar refractivity (Wildman–Crippen MR) is 68.2 cm³/mol. The average molecular weight is 242 g/mol. The molecule has 2 aliphatic rings. The average Bonchev–Trinajstić information content (AvgIpc) is 2.56. The number of nitrogens with one attached hydrogen (secondary N) is 1. The maximum Gasteiger partial charge on any atom is 0.0936 e. The summed E-state index contributed by atoms with van der Waals surface area (Å²) in [7, 11) is 0. The van der Waals surface area contributed by atoms with E-state index in [0.717, 1.165) is 39.5 Å².